The number of hydrogen-bond acceptors (Lipinski definition) is 1. The largest absolute Gasteiger partial charge is 0.313 e. The van der Waals surface area contributed by atoms with Crippen LogP contribution in [0.2, 0.25) is 5.02 Å². The summed E-state index contributed by atoms with van der Waals surface area (Å²) in [7, 11) is 2.02. The number of rotatable bonds is 6. The predicted octanol–water partition coefficient (Wildman–Crippen LogP) is 5.03. The van der Waals surface area contributed by atoms with Crippen molar-refractivity contribution in [2.75, 3.05) is 7.05 Å². The summed E-state index contributed by atoms with van der Waals surface area (Å²) in [5, 5.41) is 4.23. The van der Waals surface area contributed by atoms with Crippen LogP contribution in [0, 0.1) is 9.49 Å². The highest BCUT2D eigenvalue weighted by atomic mass is 127. The molecular formula is C14H21ClIN. The maximum atomic E-state index is 6.16. The maximum Gasteiger partial charge on any atom is 0.0542 e. The van der Waals surface area contributed by atoms with E-state index in [0.29, 0.717) is 6.04 Å². The fourth-order valence-electron chi connectivity index (χ4n) is 1.94. The minimum atomic E-state index is 0.420. The average molecular weight is 366 g/mol. The Balaban J connectivity index is 2.62. The first-order valence-corrected chi connectivity index (χ1v) is 7.62. The zero-order valence-corrected chi connectivity index (χ0v) is 13.7. The zero-order valence-electron chi connectivity index (χ0n) is 10.8. The van der Waals surface area contributed by atoms with Crippen LogP contribution in [0.15, 0.2) is 18.2 Å². The molecule has 0 saturated carbocycles. The van der Waals surface area contributed by atoms with E-state index in [2.05, 4.69) is 60.0 Å². The summed E-state index contributed by atoms with van der Waals surface area (Å²) < 4.78 is 1.12. The highest BCUT2D eigenvalue weighted by molar-refractivity contribution is 14.1. The van der Waals surface area contributed by atoms with Crippen molar-refractivity contribution in [3.05, 3.63) is 32.4 Å². The lowest BCUT2D eigenvalue weighted by Crippen LogP contribution is -2.16. The van der Waals surface area contributed by atoms with E-state index in [1.165, 1.54) is 24.8 Å². The second-order valence-electron chi connectivity index (χ2n) is 4.84. The van der Waals surface area contributed by atoms with Gasteiger partial charge in [0.05, 0.1) is 5.02 Å². The molecule has 1 atom stereocenters. The summed E-state index contributed by atoms with van der Waals surface area (Å²) in [5.41, 5.74) is 1.29. The molecule has 0 amide bonds. The van der Waals surface area contributed by atoms with Crippen LogP contribution in [0.4, 0.5) is 0 Å². The first-order chi connectivity index (χ1) is 8.04. The molecule has 0 fully saturated rings. The van der Waals surface area contributed by atoms with E-state index in [0.717, 1.165) is 14.5 Å². The van der Waals surface area contributed by atoms with Crippen LogP contribution in [-0.4, -0.2) is 7.05 Å². The normalized spacial score (nSPS) is 13.1. The third-order valence-corrected chi connectivity index (χ3v) is 4.54. The van der Waals surface area contributed by atoms with Crippen molar-refractivity contribution in [1.29, 1.82) is 0 Å². The molecule has 1 nitrogen and oxygen atoms in total. The zero-order chi connectivity index (χ0) is 12.8. The molecule has 17 heavy (non-hydrogen) atoms. The molecule has 0 aliphatic heterocycles. The maximum absolute atomic E-state index is 6.16. The molecule has 1 aromatic rings. The molecule has 0 heterocycles. The van der Waals surface area contributed by atoms with E-state index in [9.17, 15) is 0 Å². The lowest BCUT2D eigenvalue weighted by molar-refractivity contribution is 0.470. The summed E-state index contributed by atoms with van der Waals surface area (Å²) in [5.74, 6) is 0.785. The van der Waals surface area contributed by atoms with Gasteiger partial charge in [-0.15, -0.1) is 0 Å². The Bertz CT molecular complexity index is 352. The molecule has 0 saturated heterocycles. The minimum Gasteiger partial charge on any atom is -0.313 e. The highest BCUT2D eigenvalue weighted by Gasteiger charge is 2.10. The molecule has 0 spiro atoms. The van der Waals surface area contributed by atoms with E-state index >= 15 is 0 Å². The fraction of sp³-hybridized carbons (Fsp3) is 0.571. The van der Waals surface area contributed by atoms with Gasteiger partial charge < -0.3 is 5.32 Å². The van der Waals surface area contributed by atoms with Gasteiger partial charge in [0, 0.05) is 9.61 Å². The van der Waals surface area contributed by atoms with Gasteiger partial charge in [-0.1, -0.05) is 44.4 Å². The van der Waals surface area contributed by atoms with Gasteiger partial charge in [-0.25, -0.2) is 0 Å². The summed E-state index contributed by atoms with van der Waals surface area (Å²) >= 11 is 8.43. The first-order valence-electron chi connectivity index (χ1n) is 6.16. The van der Waals surface area contributed by atoms with Crippen molar-refractivity contribution < 1.29 is 0 Å². The van der Waals surface area contributed by atoms with E-state index in [-0.39, 0.29) is 0 Å². The Morgan fingerprint density at radius 2 is 2.00 bits per heavy atom. The summed E-state index contributed by atoms with van der Waals surface area (Å²) in [6.07, 6.45) is 3.72. The number of nitrogens with one attached hydrogen (secondary N) is 1. The third kappa shape index (κ3) is 5.14. The minimum absolute atomic E-state index is 0.420. The van der Waals surface area contributed by atoms with Crippen LogP contribution >= 0.6 is 34.2 Å². The summed E-state index contributed by atoms with van der Waals surface area (Å²) in [6.45, 7) is 4.55. The highest BCUT2D eigenvalue weighted by Crippen LogP contribution is 2.26. The van der Waals surface area contributed by atoms with Crippen LogP contribution in [-0.2, 0) is 0 Å². The molecule has 0 aromatic heterocycles. The van der Waals surface area contributed by atoms with Gasteiger partial charge >= 0.3 is 0 Å². The monoisotopic (exact) mass is 365 g/mol. The fourth-order valence-corrected chi connectivity index (χ4v) is 2.46. The Kier molecular flexibility index (Phi) is 6.82. The van der Waals surface area contributed by atoms with Gasteiger partial charge in [0.25, 0.3) is 0 Å². The van der Waals surface area contributed by atoms with Crippen molar-refractivity contribution in [2.45, 2.75) is 39.2 Å². The van der Waals surface area contributed by atoms with Gasteiger partial charge in [0.15, 0.2) is 0 Å². The lowest BCUT2D eigenvalue weighted by atomic mass is 9.98. The number of hydrogen-bond donors (Lipinski definition) is 1. The van der Waals surface area contributed by atoms with Crippen molar-refractivity contribution in [1.82, 2.24) is 5.32 Å². The molecule has 1 N–H and O–H groups in total. The second kappa shape index (κ2) is 7.59. The van der Waals surface area contributed by atoms with Crippen LogP contribution in [0.1, 0.15) is 44.7 Å². The van der Waals surface area contributed by atoms with Gasteiger partial charge in [0.2, 0.25) is 0 Å². The Labute approximate surface area is 123 Å². The molecule has 0 aliphatic rings. The van der Waals surface area contributed by atoms with E-state index in [1.54, 1.807) is 0 Å². The van der Waals surface area contributed by atoms with Crippen LogP contribution in [0.25, 0.3) is 0 Å². The molecule has 0 aliphatic carbocycles. The van der Waals surface area contributed by atoms with Gasteiger partial charge in [-0.05, 0) is 59.7 Å². The van der Waals surface area contributed by atoms with Crippen LogP contribution in [0.5, 0.6) is 0 Å². The average Bonchev–Trinajstić information content (AvgIpc) is 2.28. The third-order valence-electron chi connectivity index (χ3n) is 2.97. The van der Waals surface area contributed by atoms with E-state index in [4.69, 9.17) is 11.6 Å². The number of halogens is 2. The molecule has 3 heteroatoms. The molecule has 96 valence electrons. The number of benzene rings is 1. The molecule has 1 unspecified atom stereocenters. The van der Waals surface area contributed by atoms with Crippen molar-refractivity contribution in [3.63, 3.8) is 0 Å². The quantitative estimate of drug-likeness (QED) is 0.697. The van der Waals surface area contributed by atoms with Crippen LogP contribution in [0.3, 0.4) is 0 Å². The lowest BCUT2D eigenvalue weighted by Gasteiger charge is -2.17. The van der Waals surface area contributed by atoms with E-state index < -0.39 is 0 Å². The second-order valence-corrected chi connectivity index (χ2v) is 6.41. The van der Waals surface area contributed by atoms with Crippen molar-refractivity contribution >= 4 is 34.2 Å². The standard InChI is InChI=1S/C14H21ClIN/c1-10(2)5-4-6-14(17-3)11-7-8-13(16)12(15)9-11/h7-10,14,17H,4-6H2,1-3H3. The SMILES string of the molecule is CNC(CCCC(C)C)c1ccc(I)c(Cl)c1. The molecule has 1 aromatic carbocycles. The summed E-state index contributed by atoms with van der Waals surface area (Å²) in [6, 6.07) is 6.76. The Morgan fingerprint density at radius 1 is 1.29 bits per heavy atom. The predicted molar refractivity (Wildman–Crippen MR) is 84.7 cm³/mol. The van der Waals surface area contributed by atoms with E-state index in [1.807, 2.05) is 7.05 Å². The Morgan fingerprint density at radius 3 is 2.53 bits per heavy atom. The van der Waals surface area contributed by atoms with Gasteiger partial charge in [-0.2, -0.15) is 0 Å². The first kappa shape index (κ1) is 15.3. The van der Waals surface area contributed by atoms with Gasteiger partial charge in [0.1, 0.15) is 0 Å². The topological polar surface area (TPSA) is 12.0 Å². The molecule has 0 bridgehead atoms. The van der Waals surface area contributed by atoms with Crippen molar-refractivity contribution in [3.8, 4) is 0 Å². The van der Waals surface area contributed by atoms with Crippen LogP contribution < -0.4 is 5.32 Å². The molecule has 1 rings (SSSR count). The summed E-state index contributed by atoms with van der Waals surface area (Å²) in [4.78, 5) is 0. The van der Waals surface area contributed by atoms with Gasteiger partial charge in [-0.3, -0.25) is 0 Å². The molecular weight excluding hydrogens is 345 g/mol. The Hall–Kier alpha value is 0.200. The van der Waals surface area contributed by atoms with Crippen molar-refractivity contribution in [2.24, 2.45) is 5.92 Å². The molecule has 0 radical (unpaired) electrons. The smallest absolute Gasteiger partial charge is 0.0542 e.